The van der Waals surface area contributed by atoms with Gasteiger partial charge in [-0.25, -0.2) is 4.79 Å². The second-order valence-electron chi connectivity index (χ2n) is 5.73. The molecule has 4 heteroatoms. The maximum absolute atomic E-state index is 11.8. The Hall–Kier alpha value is -0.770. The summed E-state index contributed by atoms with van der Waals surface area (Å²) in [5.74, 6) is 1.13. The van der Waals surface area contributed by atoms with Crippen LogP contribution in [0.1, 0.15) is 34.1 Å². The molecule has 1 fully saturated rings. The van der Waals surface area contributed by atoms with Crippen molar-refractivity contribution in [2.75, 3.05) is 13.6 Å². The number of amides is 1. The van der Waals surface area contributed by atoms with E-state index in [9.17, 15) is 4.79 Å². The molecule has 0 saturated heterocycles. The Morgan fingerprint density at radius 3 is 2.50 bits per heavy atom. The van der Waals surface area contributed by atoms with Crippen LogP contribution in [-0.2, 0) is 4.74 Å². The molecule has 0 aromatic carbocycles. The second-order valence-corrected chi connectivity index (χ2v) is 5.73. The molecule has 1 aliphatic carbocycles. The van der Waals surface area contributed by atoms with Gasteiger partial charge in [-0.3, -0.25) is 0 Å². The molecule has 0 aromatic rings. The molecule has 3 unspecified atom stereocenters. The Morgan fingerprint density at radius 1 is 1.56 bits per heavy atom. The zero-order chi connectivity index (χ0) is 12.5. The zero-order valence-electron chi connectivity index (χ0n) is 11.0. The molecule has 1 saturated carbocycles. The first-order chi connectivity index (χ1) is 7.26. The Kier molecular flexibility index (Phi) is 3.84. The number of ether oxygens (including phenoxy) is 1. The van der Waals surface area contributed by atoms with E-state index in [4.69, 9.17) is 10.5 Å². The number of carbonyl (C=O) groups is 1. The molecule has 16 heavy (non-hydrogen) atoms. The first-order valence-corrected chi connectivity index (χ1v) is 5.92. The Bertz CT molecular complexity index is 260. The highest BCUT2D eigenvalue weighted by atomic mass is 16.6. The quantitative estimate of drug-likeness (QED) is 0.802. The minimum atomic E-state index is -0.429. The molecular weight excluding hydrogens is 204 g/mol. The summed E-state index contributed by atoms with van der Waals surface area (Å²) >= 11 is 0. The Morgan fingerprint density at radius 2 is 2.12 bits per heavy atom. The molecule has 0 radical (unpaired) electrons. The van der Waals surface area contributed by atoms with E-state index in [0.29, 0.717) is 11.8 Å². The highest BCUT2D eigenvalue weighted by molar-refractivity contribution is 5.68. The van der Waals surface area contributed by atoms with Crippen LogP contribution in [0.3, 0.4) is 0 Å². The third kappa shape index (κ3) is 3.37. The molecule has 0 heterocycles. The molecule has 1 aliphatic rings. The van der Waals surface area contributed by atoms with Gasteiger partial charge in [-0.2, -0.15) is 0 Å². The molecule has 0 bridgehead atoms. The Labute approximate surface area is 98.1 Å². The molecule has 2 N–H and O–H groups in total. The fraction of sp³-hybridized carbons (Fsp3) is 0.917. The van der Waals surface area contributed by atoms with Crippen molar-refractivity contribution in [2.45, 2.75) is 45.8 Å². The van der Waals surface area contributed by atoms with Crippen molar-refractivity contribution >= 4 is 6.09 Å². The van der Waals surface area contributed by atoms with E-state index in [1.807, 2.05) is 20.8 Å². The smallest absolute Gasteiger partial charge is 0.410 e. The lowest BCUT2D eigenvalue weighted by atomic mass is 10.1. The van der Waals surface area contributed by atoms with Crippen molar-refractivity contribution in [3.63, 3.8) is 0 Å². The van der Waals surface area contributed by atoms with Gasteiger partial charge in [-0.1, -0.05) is 0 Å². The number of nitrogens with two attached hydrogens (primary N) is 1. The molecule has 4 nitrogen and oxygen atoms in total. The lowest BCUT2D eigenvalue weighted by Gasteiger charge is -2.29. The topological polar surface area (TPSA) is 55.6 Å². The summed E-state index contributed by atoms with van der Waals surface area (Å²) in [5, 5.41) is 0. The minimum Gasteiger partial charge on any atom is -0.444 e. The van der Waals surface area contributed by atoms with Gasteiger partial charge in [-0.05, 0) is 52.5 Å². The van der Waals surface area contributed by atoms with E-state index < -0.39 is 5.60 Å². The number of carbonyl (C=O) groups excluding carboxylic acids is 1. The number of hydrogen-bond donors (Lipinski definition) is 1. The van der Waals surface area contributed by atoms with Gasteiger partial charge in [0, 0.05) is 13.1 Å². The maximum Gasteiger partial charge on any atom is 0.410 e. The van der Waals surface area contributed by atoms with Gasteiger partial charge in [0.25, 0.3) is 0 Å². The van der Waals surface area contributed by atoms with Gasteiger partial charge in [0.05, 0.1) is 0 Å². The van der Waals surface area contributed by atoms with Crippen molar-refractivity contribution in [3.8, 4) is 0 Å². The van der Waals surface area contributed by atoms with Crippen molar-refractivity contribution < 1.29 is 9.53 Å². The van der Waals surface area contributed by atoms with Gasteiger partial charge >= 0.3 is 6.09 Å². The van der Waals surface area contributed by atoms with Gasteiger partial charge in [0.15, 0.2) is 0 Å². The third-order valence-electron chi connectivity index (χ3n) is 3.19. The lowest BCUT2D eigenvalue weighted by Crippen LogP contribution is -2.40. The SMILES string of the molecule is CC(C1CC1CN)N(C)C(=O)OC(C)(C)C. The van der Waals surface area contributed by atoms with E-state index in [1.165, 1.54) is 0 Å². The molecule has 1 amide bonds. The first-order valence-electron chi connectivity index (χ1n) is 5.92. The summed E-state index contributed by atoms with van der Waals surface area (Å²) in [5.41, 5.74) is 5.18. The Balaban J connectivity index is 2.45. The summed E-state index contributed by atoms with van der Waals surface area (Å²) in [6.07, 6.45) is 0.882. The number of rotatable bonds is 3. The fourth-order valence-corrected chi connectivity index (χ4v) is 1.92. The zero-order valence-corrected chi connectivity index (χ0v) is 11.0. The lowest BCUT2D eigenvalue weighted by molar-refractivity contribution is 0.0214. The van der Waals surface area contributed by atoms with E-state index in [0.717, 1.165) is 13.0 Å². The summed E-state index contributed by atoms with van der Waals surface area (Å²) in [7, 11) is 1.80. The van der Waals surface area contributed by atoms with Crippen molar-refractivity contribution in [2.24, 2.45) is 17.6 Å². The number of nitrogens with zero attached hydrogens (tertiary/aromatic N) is 1. The van der Waals surface area contributed by atoms with Crippen LogP contribution in [0.15, 0.2) is 0 Å². The van der Waals surface area contributed by atoms with E-state index in [-0.39, 0.29) is 12.1 Å². The molecular formula is C12H24N2O2. The standard InChI is InChI=1S/C12H24N2O2/c1-8(10-6-9(10)7-13)14(5)11(15)16-12(2,3)4/h8-10H,6-7,13H2,1-5H3. The largest absolute Gasteiger partial charge is 0.444 e. The van der Waals surface area contributed by atoms with Crippen molar-refractivity contribution in [1.82, 2.24) is 4.90 Å². The number of hydrogen-bond acceptors (Lipinski definition) is 3. The van der Waals surface area contributed by atoms with E-state index in [1.54, 1.807) is 11.9 Å². The summed E-state index contributed by atoms with van der Waals surface area (Å²) < 4.78 is 5.32. The molecule has 0 spiro atoms. The highest BCUT2D eigenvalue weighted by Crippen LogP contribution is 2.41. The molecule has 3 atom stereocenters. The van der Waals surface area contributed by atoms with Crippen LogP contribution in [0.5, 0.6) is 0 Å². The predicted octanol–water partition coefficient (Wildman–Crippen LogP) is 1.84. The molecule has 94 valence electrons. The average molecular weight is 228 g/mol. The second kappa shape index (κ2) is 4.62. The van der Waals surface area contributed by atoms with Crippen LogP contribution >= 0.6 is 0 Å². The first kappa shape index (κ1) is 13.3. The maximum atomic E-state index is 11.8. The monoisotopic (exact) mass is 228 g/mol. The fourth-order valence-electron chi connectivity index (χ4n) is 1.92. The van der Waals surface area contributed by atoms with Gasteiger partial charge in [0.1, 0.15) is 5.60 Å². The summed E-state index contributed by atoms with van der Waals surface area (Å²) in [4.78, 5) is 13.5. The van der Waals surface area contributed by atoms with Crippen LogP contribution in [0.25, 0.3) is 0 Å². The molecule has 0 aliphatic heterocycles. The van der Waals surface area contributed by atoms with Crippen LogP contribution in [0, 0.1) is 11.8 Å². The van der Waals surface area contributed by atoms with E-state index in [2.05, 4.69) is 6.92 Å². The summed E-state index contributed by atoms with van der Waals surface area (Å²) in [6, 6.07) is 0.211. The van der Waals surface area contributed by atoms with Gasteiger partial charge < -0.3 is 15.4 Å². The van der Waals surface area contributed by atoms with Crippen LogP contribution in [0.2, 0.25) is 0 Å². The van der Waals surface area contributed by atoms with E-state index >= 15 is 0 Å². The van der Waals surface area contributed by atoms with Crippen LogP contribution in [-0.4, -0.2) is 36.2 Å². The third-order valence-corrected chi connectivity index (χ3v) is 3.19. The van der Waals surface area contributed by atoms with Crippen molar-refractivity contribution in [3.05, 3.63) is 0 Å². The van der Waals surface area contributed by atoms with Crippen molar-refractivity contribution in [1.29, 1.82) is 0 Å². The van der Waals surface area contributed by atoms with Crippen LogP contribution in [0.4, 0.5) is 4.79 Å². The molecule has 1 rings (SSSR count). The summed E-state index contributed by atoms with van der Waals surface area (Å²) in [6.45, 7) is 8.41. The average Bonchev–Trinajstić information content (AvgIpc) is 2.91. The predicted molar refractivity (Wildman–Crippen MR) is 64.1 cm³/mol. The van der Waals surface area contributed by atoms with Gasteiger partial charge in [-0.15, -0.1) is 0 Å². The molecule has 0 aromatic heterocycles. The van der Waals surface area contributed by atoms with Gasteiger partial charge in [0.2, 0.25) is 0 Å². The minimum absolute atomic E-state index is 0.211. The highest BCUT2D eigenvalue weighted by Gasteiger charge is 2.42. The normalized spacial score (nSPS) is 26.1. The van der Waals surface area contributed by atoms with Crippen LogP contribution < -0.4 is 5.73 Å².